The Morgan fingerprint density at radius 1 is 1.39 bits per heavy atom. The fraction of sp³-hybridized carbons (Fsp3) is 0.286. The molecule has 0 spiro atoms. The smallest absolute Gasteiger partial charge is 0.299 e. The van der Waals surface area contributed by atoms with Gasteiger partial charge in [0.15, 0.2) is 0 Å². The lowest BCUT2D eigenvalue weighted by atomic mass is 10.1. The number of Topliss-reactive ketones (excluding diaryl/α,β-unsaturated/α-hetero) is 1. The third kappa shape index (κ3) is 2.06. The average molecular weight is 264 g/mol. The SMILES string of the molecule is C=C(CCl)CN1C(=O)C(=O)c2cc(CC)ccc21. The van der Waals surface area contributed by atoms with Crippen molar-refractivity contribution < 1.29 is 9.59 Å². The molecule has 0 saturated carbocycles. The van der Waals surface area contributed by atoms with Crippen molar-refractivity contribution in [3.05, 3.63) is 41.5 Å². The molecule has 94 valence electrons. The van der Waals surface area contributed by atoms with Crippen molar-refractivity contribution >= 4 is 29.0 Å². The van der Waals surface area contributed by atoms with Gasteiger partial charge >= 0.3 is 0 Å². The van der Waals surface area contributed by atoms with Crippen molar-refractivity contribution in [2.24, 2.45) is 0 Å². The summed E-state index contributed by atoms with van der Waals surface area (Å²) in [4.78, 5) is 25.2. The van der Waals surface area contributed by atoms with Crippen LogP contribution in [0.1, 0.15) is 22.8 Å². The van der Waals surface area contributed by atoms with Crippen LogP contribution >= 0.6 is 11.6 Å². The van der Waals surface area contributed by atoms with Crippen molar-refractivity contribution in [3.8, 4) is 0 Å². The fourth-order valence-electron chi connectivity index (χ4n) is 1.99. The van der Waals surface area contributed by atoms with Gasteiger partial charge in [-0.3, -0.25) is 9.59 Å². The van der Waals surface area contributed by atoms with Gasteiger partial charge in [0.1, 0.15) is 0 Å². The molecule has 0 saturated heterocycles. The van der Waals surface area contributed by atoms with Crippen molar-refractivity contribution in [1.29, 1.82) is 0 Å². The number of halogens is 1. The van der Waals surface area contributed by atoms with Crippen LogP contribution in [0, 0.1) is 0 Å². The molecule has 0 unspecified atom stereocenters. The second-order valence-electron chi connectivity index (χ2n) is 4.31. The summed E-state index contributed by atoms with van der Waals surface area (Å²) in [6.07, 6.45) is 0.836. The number of ketones is 1. The molecule has 0 atom stereocenters. The van der Waals surface area contributed by atoms with Crippen molar-refractivity contribution in [3.63, 3.8) is 0 Å². The van der Waals surface area contributed by atoms with Crippen LogP contribution in [0.2, 0.25) is 0 Å². The van der Waals surface area contributed by atoms with E-state index in [0.717, 1.165) is 12.0 Å². The van der Waals surface area contributed by atoms with Crippen LogP contribution in [-0.4, -0.2) is 24.1 Å². The van der Waals surface area contributed by atoms with E-state index < -0.39 is 11.7 Å². The van der Waals surface area contributed by atoms with Gasteiger partial charge in [0.05, 0.1) is 11.3 Å². The number of carbonyl (C=O) groups is 2. The first kappa shape index (κ1) is 12.8. The normalized spacial score (nSPS) is 14.0. The number of carbonyl (C=O) groups excluding carboxylic acids is 2. The molecule has 0 fully saturated rings. The summed E-state index contributed by atoms with van der Waals surface area (Å²) in [6.45, 7) is 6.07. The number of aryl methyl sites for hydroxylation is 1. The second-order valence-corrected chi connectivity index (χ2v) is 4.58. The highest BCUT2D eigenvalue weighted by molar-refractivity contribution is 6.52. The van der Waals surface area contributed by atoms with Crippen molar-refractivity contribution in [2.45, 2.75) is 13.3 Å². The summed E-state index contributed by atoms with van der Waals surface area (Å²) in [6, 6.07) is 5.54. The summed E-state index contributed by atoms with van der Waals surface area (Å²) in [5.41, 5.74) is 2.91. The van der Waals surface area contributed by atoms with Crippen LogP contribution in [0.3, 0.4) is 0 Å². The van der Waals surface area contributed by atoms with Crippen LogP contribution in [0.4, 0.5) is 5.69 Å². The highest BCUT2D eigenvalue weighted by Crippen LogP contribution is 2.30. The molecule has 0 aliphatic carbocycles. The number of hydrogen-bond donors (Lipinski definition) is 0. The zero-order valence-corrected chi connectivity index (χ0v) is 11.0. The first-order valence-electron chi connectivity index (χ1n) is 5.80. The van der Waals surface area contributed by atoms with Crippen molar-refractivity contribution in [2.75, 3.05) is 17.3 Å². The van der Waals surface area contributed by atoms with E-state index in [9.17, 15) is 9.59 Å². The van der Waals surface area contributed by atoms with Gasteiger partial charge in [0.2, 0.25) is 0 Å². The van der Waals surface area contributed by atoms with Crippen molar-refractivity contribution in [1.82, 2.24) is 0 Å². The number of rotatable bonds is 4. The lowest BCUT2D eigenvalue weighted by molar-refractivity contribution is -0.114. The number of hydrogen-bond acceptors (Lipinski definition) is 2. The summed E-state index contributed by atoms with van der Waals surface area (Å²) < 4.78 is 0. The van der Waals surface area contributed by atoms with Gasteiger partial charge in [-0.25, -0.2) is 0 Å². The van der Waals surface area contributed by atoms with E-state index in [1.54, 1.807) is 6.07 Å². The molecule has 0 bridgehead atoms. The minimum atomic E-state index is -0.496. The second kappa shape index (κ2) is 4.94. The van der Waals surface area contributed by atoms with Gasteiger partial charge < -0.3 is 4.90 Å². The average Bonchev–Trinajstić information content (AvgIpc) is 2.63. The maximum absolute atomic E-state index is 11.9. The quantitative estimate of drug-likeness (QED) is 0.476. The number of fused-ring (bicyclic) bond motifs is 1. The highest BCUT2D eigenvalue weighted by Gasteiger charge is 2.35. The van der Waals surface area contributed by atoms with E-state index in [2.05, 4.69) is 6.58 Å². The molecule has 1 aliphatic heterocycles. The Morgan fingerprint density at radius 2 is 2.11 bits per heavy atom. The zero-order valence-electron chi connectivity index (χ0n) is 10.2. The van der Waals surface area contributed by atoms with Crippen LogP contribution in [0.5, 0.6) is 0 Å². The first-order chi connectivity index (χ1) is 8.58. The molecule has 1 aromatic carbocycles. The minimum Gasteiger partial charge on any atom is -0.301 e. The molecule has 0 N–H and O–H groups in total. The topological polar surface area (TPSA) is 37.4 Å². The molecule has 2 rings (SSSR count). The van der Waals surface area contributed by atoms with Crippen LogP contribution in [0.15, 0.2) is 30.4 Å². The fourth-order valence-corrected chi connectivity index (χ4v) is 2.07. The van der Waals surface area contributed by atoms with E-state index in [-0.39, 0.29) is 5.88 Å². The summed E-state index contributed by atoms with van der Waals surface area (Å²) in [5.74, 6) is -0.660. The largest absolute Gasteiger partial charge is 0.301 e. The molecule has 1 amide bonds. The Kier molecular flexibility index (Phi) is 3.53. The monoisotopic (exact) mass is 263 g/mol. The molecule has 1 heterocycles. The Labute approximate surface area is 111 Å². The summed E-state index contributed by atoms with van der Waals surface area (Å²) in [7, 11) is 0. The van der Waals surface area contributed by atoms with Crippen LogP contribution in [-0.2, 0) is 11.2 Å². The Balaban J connectivity index is 2.40. The molecule has 4 heteroatoms. The molecule has 0 aromatic heterocycles. The Bertz CT molecular complexity index is 537. The number of anilines is 1. The maximum atomic E-state index is 11.9. The minimum absolute atomic E-state index is 0.278. The predicted octanol–water partition coefficient (Wildman–Crippen LogP) is 2.57. The lowest BCUT2D eigenvalue weighted by Crippen LogP contribution is -2.31. The standard InChI is InChI=1S/C14H14ClNO2/c1-3-10-4-5-12-11(6-10)13(17)14(18)16(12)8-9(2)7-15/h4-6H,2-3,7-8H2,1H3. The third-order valence-corrected chi connectivity index (χ3v) is 3.39. The Morgan fingerprint density at radius 3 is 2.72 bits per heavy atom. The van der Waals surface area contributed by atoms with E-state index in [4.69, 9.17) is 11.6 Å². The van der Waals surface area contributed by atoms with Gasteiger partial charge in [-0.05, 0) is 29.7 Å². The number of benzene rings is 1. The molecular formula is C14H14ClNO2. The number of alkyl halides is 1. The van der Waals surface area contributed by atoms with Crippen LogP contribution < -0.4 is 4.90 Å². The highest BCUT2D eigenvalue weighted by atomic mass is 35.5. The van der Waals surface area contributed by atoms with Gasteiger partial charge in [0, 0.05) is 12.4 Å². The predicted molar refractivity (Wildman–Crippen MR) is 72.4 cm³/mol. The van der Waals surface area contributed by atoms with E-state index >= 15 is 0 Å². The third-order valence-electron chi connectivity index (χ3n) is 3.01. The van der Waals surface area contributed by atoms with Crippen LogP contribution in [0.25, 0.3) is 0 Å². The van der Waals surface area contributed by atoms with E-state index in [0.29, 0.717) is 23.4 Å². The molecule has 3 nitrogen and oxygen atoms in total. The summed E-state index contributed by atoms with van der Waals surface area (Å²) in [5, 5.41) is 0. The molecule has 0 radical (unpaired) electrons. The van der Waals surface area contributed by atoms with Gasteiger partial charge in [-0.15, -0.1) is 11.6 Å². The zero-order chi connectivity index (χ0) is 13.3. The maximum Gasteiger partial charge on any atom is 0.299 e. The summed E-state index contributed by atoms with van der Waals surface area (Å²) >= 11 is 5.67. The first-order valence-corrected chi connectivity index (χ1v) is 6.33. The van der Waals surface area contributed by atoms with Gasteiger partial charge in [-0.2, -0.15) is 0 Å². The lowest BCUT2D eigenvalue weighted by Gasteiger charge is -2.17. The van der Waals surface area contributed by atoms with E-state index in [1.165, 1.54) is 4.90 Å². The molecule has 18 heavy (non-hydrogen) atoms. The Hall–Kier alpha value is -1.61. The van der Waals surface area contributed by atoms with E-state index in [1.807, 2.05) is 19.1 Å². The molecule has 1 aromatic rings. The molecule has 1 aliphatic rings. The number of nitrogens with zero attached hydrogens (tertiary/aromatic N) is 1. The van der Waals surface area contributed by atoms with Gasteiger partial charge in [-0.1, -0.05) is 19.6 Å². The molecular weight excluding hydrogens is 250 g/mol. The van der Waals surface area contributed by atoms with Gasteiger partial charge in [0.25, 0.3) is 11.7 Å². The number of amides is 1.